The lowest BCUT2D eigenvalue weighted by atomic mass is 10.0. The molecule has 0 aromatic carbocycles. The molecule has 0 spiro atoms. The van der Waals surface area contributed by atoms with Gasteiger partial charge in [-0.05, 0) is 13.3 Å². The van der Waals surface area contributed by atoms with Gasteiger partial charge >= 0.3 is 0 Å². The highest BCUT2D eigenvalue weighted by molar-refractivity contribution is 7.88. The number of nitrogens with zero attached hydrogens (tertiary/aromatic N) is 3. The van der Waals surface area contributed by atoms with Gasteiger partial charge in [0, 0.05) is 19.7 Å². The molecule has 2 heterocycles. The molecule has 0 radical (unpaired) electrons. The van der Waals surface area contributed by atoms with Gasteiger partial charge in [0.25, 0.3) is 0 Å². The summed E-state index contributed by atoms with van der Waals surface area (Å²) in [4.78, 5) is 8.50. The van der Waals surface area contributed by atoms with Gasteiger partial charge in [-0.3, -0.25) is 0 Å². The molecule has 1 aliphatic rings. The highest BCUT2D eigenvalue weighted by Crippen LogP contribution is 2.34. The first-order valence-electron chi connectivity index (χ1n) is 5.42. The monoisotopic (exact) mass is 256 g/mol. The molecule has 17 heavy (non-hydrogen) atoms. The third-order valence-corrected chi connectivity index (χ3v) is 4.14. The molecule has 2 rings (SSSR count). The Balaban J connectivity index is 2.32. The molecule has 1 saturated heterocycles. The lowest BCUT2D eigenvalue weighted by molar-refractivity contribution is 0.199. The predicted octanol–water partition coefficient (Wildman–Crippen LogP) is 0.533. The fourth-order valence-corrected chi connectivity index (χ4v) is 3.06. The van der Waals surface area contributed by atoms with Gasteiger partial charge in [-0.25, -0.2) is 18.4 Å². The van der Waals surface area contributed by atoms with Crippen molar-refractivity contribution < 1.29 is 8.42 Å². The first-order chi connectivity index (χ1) is 7.91. The van der Waals surface area contributed by atoms with Crippen LogP contribution in [0.15, 0.2) is 6.07 Å². The van der Waals surface area contributed by atoms with Crippen LogP contribution in [-0.2, 0) is 10.0 Å². The van der Waals surface area contributed by atoms with Gasteiger partial charge in [-0.15, -0.1) is 0 Å². The Kier molecular flexibility index (Phi) is 3.05. The van der Waals surface area contributed by atoms with E-state index in [1.807, 2.05) is 0 Å². The van der Waals surface area contributed by atoms with E-state index in [0.717, 1.165) is 12.1 Å². The first-order valence-corrected chi connectivity index (χ1v) is 7.27. The van der Waals surface area contributed by atoms with Crippen LogP contribution in [0.1, 0.15) is 24.0 Å². The van der Waals surface area contributed by atoms with Crippen molar-refractivity contribution in [3.63, 3.8) is 0 Å². The molecular weight excluding hydrogens is 240 g/mol. The lowest BCUT2D eigenvalue weighted by Crippen LogP contribution is -2.44. The second kappa shape index (κ2) is 4.23. The van der Waals surface area contributed by atoms with E-state index in [9.17, 15) is 8.42 Å². The van der Waals surface area contributed by atoms with Gasteiger partial charge in [-0.1, -0.05) is 0 Å². The van der Waals surface area contributed by atoms with Gasteiger partial charge < -0.3 is 5.32 Å². The molecule has 0 unspecified atom stereocenters. The fraction of sp³-hybridized carbons (Fsp3) is 0.600. The molecule has 0 amide bonds. The molecule has 94 valence electrons. The summed E-state index contributed by atoms with van der Waals surface area (Å²) < 4.78 is 24.5. The van der Waals surface area contributed by atoms with Crippen molar-refractivity contribution in [2.75, 3.05) is 25.2 Å². The molecule has 1 atom stereocenters. The van der Waals surface area contributed by atoms with Crippen LogP contribution in [0.4, 0.5) is 5.82 Å². The van der Waals surface area contributed by atoms with E-state index >= 15 is 0 Å². The Morgan fingerprint density at radius 3 is 2.65 bits per heavy atom. The number of hydrogen-bond acceptors (Lipinski definition) is 5. The van der Waals surface area contributed by atoms with E-state index in [0.29, 0.717) is 18.2 Å². The minimum atomic E-state index is -3.14. The maximum Gasteiger partial charge on any atom is 0.211 e. The molecule has 1 fully saturated rings. The minimum absolute atomic E-state index is 0.140. The minimum Gasteiger partial charge on any atom is -0.373 e. The second-order valence-corrected chi connectivity index (χ2v) is 6.09. The largest absolute Gasteiger partial charge is 0.373 e. The van der Waals surface area contributed by atoms with Crippen LogP contribution in [0.5, 0.6) is 0 Å². The van der Waals surface area contributed by atoms with Gasteiger partial charge in [0.15, 0.2) is 0 Å². The van der Waals surface area contributed by atoms with Crippen molar-refractivity contribution in [2.45, 2.75) is 19.4 Å². The number of nitrogens with one attached hydrogen (secondary N) is 1. The van der Waals surface area contributed by atoms with Crippen LogP contribution < -0.4 is 5.32 Å². The van der Waals surface area contributed by atoms with Crippen molar-refractivity contribution in [1.29, 1.82) is 0 Å². The zero-order valence-corrected chi connectivity index (χ0v) is 11.0. The number of aromatic nitrogens is 2. The number of aryl methyl sites for hydroxylation is 1. The Morgan fingerprint density at radius 1 is 1.47 bits per heavy atom. The van der Waals surface area contributed by atoms with E-state index in [-0.39, 0.29) is 6.04 Å². The molecule has 0 bridgehead atoms. The van der Waals surface area contributed by atoms with Gasteiger partial charge in [0.05, 0.1) is 18.0 Å². The number of hydrogen-bond donors (Lipinski definition) is 1. The smallest absolute Gasteiger partial charge is 0.211 e. The Labute approximate surface area is 101 Å². The van der Waals surface area contributed by atoms with Crippen molar-refractivity contribution >= 4 is 15.8 Å². The van der Waals surface area contributed by atoms with E-state index in [1.165, 1.54) is 10.6 Å². The summed E-state index contributed by atoms with van der Waals surface area (Å²) in [6, 6.07) is 1.66. The van der Waals surface area contributed by atoms with E-state index < -0.39 is 10.0 Å². The normalized spacial score (nSPS) is 21.0. The molecular formula is C10H16N4O2S. The third-order valence-electron chi connectivity index (χ3n) is 2.85. The Hall–Kier alpha value is -1.21. The van der Waals surface area contributed by atoms with Crippen LogP contribution in [0.2, 0.25) is 0 Å². The highest BCUT2D eigenvalue weighted by Gasteiger charge is 2.37. The summed E-state index contributed by atoms with van der Waals surface area (Å²) in [5.41, 5.74) is 0.763. The van der Waals surface area contributed by atoms with Crippen molar-refractivity contribution in [1.82, 2.24) is 14.3 Å². The van der Waals surface area contributed by atoms with E-state index in [1.54, 1.807) is 20.0 Å². The molecule has 1 aliphatic heterocycles. The average Bonchev–Trinajstić information content (AvgIpc) is 2.12. The topological polar surface area (TPSA) is 75.2 Å². The molecule has 0 saturated carbocycles. The predicted molar refractivity (Wildman–Crippen MR) is 65.2 cm³/mol. The first kappa shape index (κ1) is 12.3. The molecule has 0 aliphatic carbocycles. The average molecular weight is 256 g/mol. The summed E-state index contributed by atoms with van der Waals surface area (Å²) in [7, 11) is -1.36. The van der Waals surface area contributed by atoms with Crippen molar-refractivity contribution in [3.8, 4) is 0 Å². The molecule has 7 heteroatoms. The highest BCUT2D eigenvalue weighted by atomic mass is 32.2. The Morgan fingerprint density at radius 2 is 2.18 bits per heavy atom. The maximum atomic E-state index is 11.5. The molecule has 6 nitrogen and oxygen atoms in total. The third kappa shape index (κ3) is 2.39. The van der Waals surface area contributed by atoms with Crippen molar-refractivity contribution in [3.05, 3.63) is 17.6 Å². The summed E-state index contributed by atoms with van der Waals surface area (Å²) in [5, 5.41) is 2.95. The molecule has 1 N–H and O–H groups in total. The van der Waals surface area contributed by atoms with Crippen LogP contribution in [0.3, 0.4) is 0 Å². The Bertz CT molecular complexity index is 529. The SMILES string of the molecule is CNc1cc([C@@H]2CCN2S(C)(=O)=O)nc(C)n1. The van der Waals surface area contributed by atoms with E-state index in [2.05, 4.69) is 15.3 Å². The lowest BCUT2D eigenvalue weighted by Gasteiger charge is -2.38. The molecule has 1 aromatic heterocycles. The molecule has 1 aromatic rings. The zero-order valence-electron chi connectivity index (χ0n) is 10.1. The van der Waals surface area contributed by atoms with Crippen LogP contribution in [0, 0.1) is 6.92 Å². The van der Waals surface area contributed by atoms with Crippen LogP contribution >= 0.6 is 0 Å². The second-order valence-electron chi connectivity index (χ2n) is 4.15. The fourth-order valence-electron chi connectivity index (χ4n) is 1.95. The van der Waals surface area contributed by atoms with Crippen molar-refractivity contribution in [2.24, 2.45) is 0 Å². The number of anilines is 1. The number of rotatable bonds is 3. The standard InChI is InChI=1S/C10H16N4O2S/c1-7-12-8(6-10(11-2)13-7)9-4-5-14(9)17(3,15)16/h6,9H,4-5H2,1-3H3,(H,11,12,13)/t9-/m0/s1. The summed E-state index contributed by atoms with van der Waals surface area (Å²) in [6.07, 6.45) is 2.04. The quantitative estimate of drug-likeness (QED) is 0.854. The van der Waals surface area contributed by atoms with Gasteiger partial charge in [0.1, 0.15) is 11.6 Å². The maximum absolute atomic E-state index is 11.5. The van der Waals surface area contributed by atoms with Crippen LogP contribution in [-0.4, -0.2) is 42.5 Å². The van der Waals surface area contributed by atoms with Crippen LogP contribution in [0.25, 0.3) is 0 Å². The van der Waals surface area contributed by atoms with E-state index in [4.69, 9.17) is 0 Å². The summed E-state index contributed by atoms with van der Waals surface area (Å²) in [6.45, 7) is 2.37. The van der Waals surface area contributed by atoms with Gasteiger partial charge in [-0.2, -0.15) is 4.31 Å². The summed E-state index contributed by atoms with van der Waals surface area (Å²) >= 11 is 0. The van der Waals surface area contributed by atoms with Gasteiger partial charge in [0.2, 0.25) is 10.0 Å². The zero-order chi connectivity index (χ0) is 12.6. The number of sulfonamides is 1. The summed E-state index contributed by atoms with van der Waals surface area (Å²) in [5.74, 6) is 1.36.